The predicted molar refractivity (Wildman–Crippen MR) is 276 cm³/mol. The lowest BCUT2D eigenvalue weighted by atomic mass is 9.85. The van der Waals surface area contributed by atoms with Crippen LogP contribution in [0, 0.1) is 19.8 Å². The van der Waals surface area contributed by atoms with Crippen LogP contribution in [-0.4, -0.2) is 117 Å². The van der Waals surface area contributed by atoms with E-state index in [1.807, 2.05) is 69.9 Å². The summed E-state index contributed by atoms with van der Waals surface area (Å²) < 4.78 is 9.56. The summed E-state index contributed by atoms with van der Waals surface area (Å²) in [6.45, 7) is 19.5. The number of aromatic nitrogens is 3. The third-order valence-electron chi connectivity index (χ3n) is 13.8. The number of amides is 3. The van der Waals surface area contributed by atoms with Crippen molar-refractivity contribution >= 4 is 46.5 Å². The van der Waals surface area contributed by atoms with Gasteiger partial charge in [0.15, 0.2) is 6.21 Å². The van der Waals surface area contributed by atoms with Crippen LogP contribution < -0.4 is 10.6 Å². The second kappa shape index (κ2) is 25.8. The molecule has 1 unspecified atom stereocenters. The minimum Gasteiger partial charge on any atom is -0.500 e. The maximum absolute atomic E-state index is 13.1. The summed E-state index contributed by atoms with van der Waals surface area (Å²) in [5, 5.41) is 15.8. The van der Waals surface area contributed by atoms with E-state index in [0.29, 0.717) is 24.4 Å². The molecule has 3 amide bonds. The Balaban J connectivity index is 0.000000230. The van der Waals surface area contributed by atoms with E-state index >= 15 is 0 Å². The number of ether oxygens (including phenoxy) is 1. The van der Waals surface area contributed by atoms with E-state index in [9.17, 15) is 19.5 Å². The van der Waals surface area contributed by atoms with Gasteiger partial charge in [0.05, 0.1) is 42.8 Å². The Hall–Kier alpha value is -5.40. The number of imide groups is 1. The summed E-state index contributed by atoms with van der Waals surface area (Å²) in [4.78, 5) is 51.0. The number of fused-ring (bicyclic) bond motifs is 1. The SMILES string of the molecule is C/C=C(\C=C/C(=C(C)C)N1CCC(CO)(N(CCC)CCCC)CC1)C1CCC(=O)NC1=O.C1CCCC1.COC1=C(c2cc(C(=O)Nc3nc4ccc(C)cc4n3C)cc(C)n2)C=[N+](C)CC1. The third kappa shape index (κ3) is 14.1. The standard InChI is InChI=1S/C27H45N3O3.C23H25N5O2.C5H10/c1-6-9-17-30(16-7-2)27(20-31)14-18-29(19-15-27)24(21(4)5)12-10-22(8-3)23-11-13-25(32)28-26(23)33;1-14-6-7-18-20(10-14)28(4)23(25-18)26-22(29)16-11-15(2)24-19(12-16)17-13-27(3)9-8-21(17)30-5;1-2-4-5-3-1/h8,10,12,23,31H,6-7,9,11,13-20H2,1-5H3,(H,28,32,33);6-7,10-13H,8-9H2,1-5H3;1-5H2/p+1/b12-10-,22-8+;;. The van der Waals surface area contributed by atoms with E-state index < -0.39 is 0 Å². The van der Waals surface area contributed by atoms with Gasteiger partial charge in [0.1, 0.15) is 24.9 Å². The van der Waals surface area contributed by atoms with Gasteiger partial charge >= 0.3 is 0 Å². The molecular weight excluding hydrogens is 853 g/mol. The lowest BCUT2D eigenvalue weighted by molar-refractivity contribution is -0.492. The molecule has 5 heterocycles. The van der Waals surface area contributed by atoms with Gasteiger partial charge in [-0.3, -0.25) is 34.9 Å². The van der Waals surface area contributed by atoms with Crippen molar-refractivity contribution in [3.05, 3.63) is 93.7 Å². The first-order valence-electron chi connectivity index (χ1n) is 25.2. The molecule has 0 bridgehead atoms. The molecule has 2 aromatic heterocycles. The zero-order valence-electron chi connectivity index (χ0n) is 43.0. The summed E-state index contributed by atoms with van der Waals surface area (Å²) in [6, 6.07) is 9.62. The van der Waals surface area contributed by atoms with Crippen molar-refractivity contribution in [1.82, 2.24) is 29.7 Å². The number of imidazole rings is 1. The first-order valence-corrected chi connectivity index (χ1v) is 25.2. The number of nitrogens with zero attached hydrogens (tertiary/aromatic N) is 6. The number of hydrogen-bond acceptors (Lipinski definition) is 9. The molecule has 1 aliphatic carbocycles. The quantitative estimate of drug-likeness (QED) is 0.0771. The Morgan fingerprint density at radius 3 is 2.31 bits per heavy atom. The van der Waals surface area contributed by atoms with Crippen LogP contribution in [-0.2, 0) is 21.4 Å². The molecule has 3 aromatic rings. The molecule has 0 spiro atoms. The highest BCUT2D eigenvalue weighted by Gasteiger charge is 2.39. The fourth-order valence-corrected chi connectivity index (χ4v) is 9.73. The third-order valence-corrected chi connectivity index (χ3v) is 13.8. The minimum atomic E-state index is -0.271. The van der Waals surface area contributed by atoms with Crippen LogP contribution in [0.15, 0.2) is 71.2 Å². The first kappa shape index (κ1) is 53.6. The van der Waals surface area contributed by atoms with Crippen LogP contribution >= 0.6 is 0 Å². The van der Waals surface area contributed by atoms with E-state index in [2.05, 4.69) is 74.8 Å². The number of likely N-dealkylation sites (tertiary alicyclic amines) is 1. The summed E-state index contributed by atoms with van der Waals surface area (Å²) in [5.74, 6) is 0.516. The molecule has 4 aliphatic rings. The molecule has 13 heteroatoms. The van der Waals surface area contributed by atoms with E-state index in [-0.39, 0.29) is 35.8 Å². The zero-order valence-corrected chi connectivity index (χ0v) is 43.0. The molecule has 0 radical (unpaired) electrons. The van der Waals surface area contributed by atoms with Gasteiger partial charge in [0.25, 0.3) is 5.91 Å². The van der Waals surface area contributed by atoms with Crippen molar-refractivity contribution in [3.63, 3.8) is 0 Å². The smallest absolute Gasteiger partial charge is 0.258 e. The molecule has 68 heavy (non-hydrogen) atoms. The number of hydrogen-bond donors (Lipinski definition) is 3. The van der Waals surface area contributed by atoms with Crippen molar-refractivity contribution in [1.29, 1.82) is 0 Å². The number of pyridine rings is 1. The monoisotopic (exact) mass is 934 g/mol. The van der Waals surface area contributed by atoms with Crippen LogP contribution in [0.3, 0.4) is 0 Å². The number of nitrogens with one attached hydrogen (secondary N) is 2. The molecule has 3 N–H and O–H groups in total. The Labute approximate surface area is 406 Å². The highest BCUT2D eigenvalue weighted by Crippen LogP contribution is 2.33. The van der Waals surface area contributed by atoms with Crippen molar-refractivity contribution in [2.75, 3.05) is 58.8 Å². The van der Waals surface area contributed by atoms with Crippen LogP contribution in [0.2, 0.25) is 0 Å². The molecule has 1 aromatic carbocycles. The van der Waals surface area contributed by atoms with Gasteiger partial charge in [-0.05, 0) is 121 Å². The molecule has 2 saturated heterocycles. The van der Waals surface area contributed by atoms with Crippen molar-refractivity contribution in [2.24, 2.45) is 13.0 Å². The number of aryl methyl sites for hydroxylation is 3. The van der Waals surface area contributed by atoms with Crippen molar-refractivity contribution < 1.29 is 28.8 Å². The number of aliphatic hydroxyl groups excluding tert-OH is 1. The van der Waals surface area contributed by atoms with Crippen LogP contribution in [0.1, 0.15) is 145 Å². The number of benzene rings is 1. The number of unbranched alkanes of at least 4 members (excludes halogenated alkanes) is 1. The minimum absolute atomic E-state index is 0.126. The number of aliphatic hydroxyl groups is 1. The van der Waals surface area contributed by atoms with Crippen LogP contribution in [0.5, 0.6) is 0 Å². The maximum Gasteiger partial charge on any atom is 0.258 e. The Kier molecular flexibility index (Phi) is 20.3. The fourth-order valence-electron chi connectivity index (χ4n) is 9.73. The molecule has 3 fully saturated rings. The van der Waals surface area contributed by atoms with Gasteiger partial charge in [-0.1, -0.05) is 76.2 Å². The summed E-state index contributed by atoms with van der Waals surface area (Å²) in [6.07, 6.45) is 22.7. The second-order valence-corrected chi connectivity index (χ2v) is 19.2. The number of allylic oxidation sites excluding steroid dienone is 5. The maximum atomic E-state index is 13.1. The number of carbonyl (C=O) groups excluding carboxylic acids is 3. The van der Waals surface area contributed by atoms with Gasteiger partial charge in [-0.25, -0.2) is 9.56 Å². The number of methoxy groups -OCH3 is 1. The molecule has 7 rings (SSSR count). The average Bonchev–Trinajstić information content (AvgIpc) is 4.02. The van der Waals surface area contributed by atoms with E-state index in [4.69, 9.17) is 4.74 Å². The summed E-state index contributed by atoms with van der Waals surface area (Å²) >= 11 is 0. The molecule has 1 atom stereocenters. The van der Waals surface area contributed by atoms with E-state index in [1.165, 1.54) is 56.2 Å². The lowest BCUT2D eigenvalue weighted by Gasteiger charge is -2.49. The number of piperidine rings is 2. The molecule has 13 nitrogen and oxygen atoms in total. The van der Waals surface area contributed by atoms with Gasteiger partial charge in [0, 0.05) is 49.1 Å². The second-order valence-electron chi connectivity index (χ2n) is 19.2. The summed E-state index contributed by atoms with van der Waals surface area (Å²) in [5.41, 5.74) is 9.15. The molecule has 3 aliphatic heterocycles. The number of rotatable bonds is 15. The largest absolute Gasteiger partial charge is 0.500 e. The highest BCUT2D eigenvalue weighted by molar-refractivity contribution is 6.10. The van der Waals surface area contributed by atoms with Crippen LogP contribution in [0.4, 0.5) is 5.95 Å². The first-order chi connectivity index (χ1) is 32.7. The zero-order chi connectivity index (χ0) is 49.4. The van der Waals surface area contributed by atoms with E-state index in [0.717, 1.165) is 103 Å². The van der Waals surface area contributed by atoms with Crippen molar-refractivity contribution in [2.45, 2.75) is 137 Å². The van der Waals surface area contributed by atoms with Crippen LogP contribution in [0.25, 0.3) is 16.6 Å². The Bertz CT molecular complexity index is 2370. The number of carbonyl (C=O) groups is 3. The lowest BCUT2D eigenvalue weighted by Crippen LogP contribution is -2.58. The van der Waals surface area contributed by atoms with Gasteiger partial charge in [-0.15, -0.1) is 0 Å². The molecular formula is C55H81N8O5+. The van der Waals surface area contributed by atoms with Gasteiger partial charge in [0.2, 0.25) is 17.8 Å². The molecule has 370 valence electrons. The number of anilines is 1. The normalized spacial score (nSPS) is 18.5. The fraction of sp³-hybridized carbons (Fsp3) is 0.564. The van der Waals surface area contributed by atoms with Gasteiger partial charge < -0.3 is 19.3 Å². The Morgan fingerprint density at radius 2 is 1.71 bits per heavy atom. The van der Waals surface area contributed by atoms with E-state index in [1.54, 1.807) is 19.2 Å². The van der Waals surface area contributed by atoms with Gasteiger partial charge in [-0.2, -0.15) is 0 Å². The van der Waals surface area contributed by atoms with Crippen molar-refractivity contribution in [3.8, 4) is 0 Å². The average molecular weight is 934 g/mol. The topological polar surface area (TPSA) is 145 Å². The highest BCUT2D eigenvalue weighted by atomic mass is 16.5. The summed E-state index contributed by atoms with van der Waals surface area (Å²) in [7, 11) is 5.59. The predicted octanol–water partition coefficient (Wildman–Crippen LogP) is 9.44. The Morgan fingerprint density at radius 1 is 1.00 bits per heavy atom. The molecule has 1 saturated carbocycles.